The number of benzene rings is 1. The van der Waals surface area contributed by atoms with Crippen LogP contribution in [0, 0.1) is 0 Å². The Morgan fingerprint density at radius 2 is 1.85 bits per heavy atom. The number of hydrogen-bond donors (Lipinski definition) is 1. The fourth-order valence-electron chi connectivity index (χ4n) is 2.26. The number of ether oxygens (including phenoxy) is 2. The van der Waals surface area contributed by atoms with E-state index >= 15 is 0 Å². The molecule has 142 valence electrons. The van der Waals surface area contributed by atoms with E-state index < -0.39 is 23.8 Å². The van der Waals surface area contributed by atoms with E-state index in [1.807, 2.05) is 0 Å². The molecule has 1 aliphatic heterocycles. The maximum atomic E-state index is 13.1. The average Bonchev–Trinajstić information content (AvgIpc) is 2.57. The van der Waals surface area contributed by atoms with E-state index in [1.165, 1.54) is 18.3 Å². The fraction of sp³-hybridized carbons (Fsp3) is 0.125. The van der Waals surface area contributed by atoms with Gasteiger partial charge in [0.25, 0.3) is 0 Å². The Bertz CT molecular complexity index is 963. The van der Waals surface area contributed by atoms with Crippen molar-refractivity contribution < 1.29 is 32.5 Å². The van der Waals surface area contributed by atoms with Gasteiger partial charge in [-0.3, -0.25) is 0 Å². The third-order valence-corrected chi connectivity index (χ3v) is 4.45. The van der Waals surface area contributed by atoms with Crippen molar-refractivity contribution in [3.8, 4) is 17.4 Å². The van der Waals surface area contributed by atoms with Crippen LogP contribution in [0.15, 0.2) is 30.0 Å². The van der Waals surface area contributed by atoms with Crippen molar-refractivity contribution in [3.63, 3.8) is 0 Å². The highest BCUT2D eigenvalue weighted by molar-refractivity contribution is 6.41. The average molecular weight is 441 g/mol. The normalized spacial score (nSPS) is 16.2. The largest absolute Gasteiger partial charge is 0.478 e. The number of aromatic nitrogens is 1. The highest BCUT2D eigenvalue weighted by Crippen LogP contribution is 2.42. The van der Waals surface area contributed by atoms with Gasteiger partial charge in [-0.1, -0.05) is 34.8 Å². The van der Waals surface area contributed by atoms with E-state index in [0.29, 0.717) is 0 Å². The summed E-state index contributed by atoms with van der Waals surface area (Å²) >= 11 is 17.7. The maximum Gasteiger partial charge on any atom is 0.430 e. The van der Waals surface area contributed by atoms with Crippen LogP contribution in [0.3, 0.4) is 0 Å². The quantitative estimate of drug-likeness (QED) is 0.670. The number of alkyl halides is 3. The molecule has 1 aliphatic rings. The molecule has 1 aromatic carbocycles. The van der Waals surface area contributed by atoms with Gasteiger partial charge < -0.3 is 14.6 Å². The minimum Gasteiger partial charge on any atom is -0.478 e. The van der Waals surface area contributed by atoms with Crippen LogP contribution in [-0.4, -0.2) is 28.3 Å². The Balaban J connectivity index is 2.01. The molecule has 3 rings (SSSR count). The molecule has 5 nitrogen and oxygen atoms in total. The molecule has 0 saturated heterocycles. The first-order valence-electron chi connectivity index (χ1n) is 7.07. The van der Waals surface area contributed by atoms with Crippen LogP contribution in [0.25, 0.3) is 6.08 Å². The summed E-state index contributed by atoms with van der Waals surface area (Å²) in [5.74, 6) is -2.06. The molecule has 1 unspecified atom stereocenters. The van der Waals surface area contributed by atoms with Crippen LogP contribution < -0.4 is 9.47 Å². The lowest BCUT2D eigenvalue weighted by Crippen LogP contribution is -2.40. The number of fused-ring (bicyclic) bond motifs is 1. The van der Waals surface area contributed by atoms with Crippen molar-refractivity contribution in [1.29, 1.82) is 0 Å². The van der Waals surface area contributed by atoms with Crippen molar-refractivity contribution >= 4 is 46.8 Å². The summed E-state index contributed by atoms with van der Waals surface area (Å²) in [6, 6.07) is 3.62. The summed E-state index contributed by atoms with van der Waals surface area (Å²) < 4.78 is 49.7. The number of halogens is 6. The van der Waals surface area contributed by atoms with E-state index in [4.69, 9.17) is 49.4 Å². The number of aliphatic carboxylic acids is 1. The zero-order chi connectivity index (χ0) is 19.9. The number of carboxylic acids is 1. The molecule has 0 saturated carbocycles. The lowest BCUT2D eigenvalue weighted by atomic mass is 10.0. The third-order valence-electron chi connectivity index (χ3n) is 3.44. The molecule has 0 bridgehead atoms. The highest BCUT2D eigenvalue weighted by atomic mass is 35.5. The number of rotatable bonds is 3. The number of carbonyl (C=O) groups is 1. The monoisotopic (exact) mass is 439 g/mol. The van der Waals surface area contributed by atoms with Crippen molar-refractivity contribution in [2.24, 2.45) is 0 Å². The SMILES string of the molecule is O=C(O)C1=Cc2cc(Cl)c(Oc3cc(Cl)c(Cl)cn3)cc2OC1C(F)(F)F. The third kappa shape index (κ3) is 4.07. The van der Waals surface area contributed by atoms with E-state index in [2.05, 4.69) is 4.98 Å². The molecule has 1 N–H and O–H groups in total. The molecule has 0 amide bonds. The summed E-state index contributed by atoms with van der Waals surface area (Å²) in [7, 11) is 0. The minimum atomic E-state index is -4.92. The maximum absolute atomic E-state index is 13.1. The molecule has 0 fully saturated rings. The lowest BCUT2D eigenvalue weighted by molar-refractivity contribution is -0.187. The number of nitrogens with zero attached hydrogens (tertiary/aromatic N) is 1. The second-order valence-electron chi connectivity index (χ2n) is 5.30. The van der Waals surface area contributed by atoms with Crippen molar-refractivity contribution in [3.05, 3.63) is 50.6 Å². The van der Waals surface area contributed by atoms with Gasteiger partial charge in [0.15, 0.2) is 5.75 Å². The fourth-order valence-corrected chi connectivity index (χ4v) is 2.72. The van der Waals surface area contributed by atoms with Crippen LogP contribution >= 0.6 is 34.8 Å². The zero-order valence-corrected chi connectivity index (χ0v) is 15.1. The second-order valence-corrected chi connectivity index (χ2v) is 6.53. The summed E-state index contributed by atoms with van der Waals surface area (Å²) in [5.41, 5.74) is -0.891. The first kappa shape index (κ1) is 19.6. The zero-order valence-electron chi connectivity index (χ0n) is 12.9. The van der Waals surface area contributed by atoms with Crippen LogP contribution in [0.1, 0.15) is 5.56 Å². The summed E-state index contributed by atoms with van der Waals surface area (Å²) in [6.45, 7) is 0. The van der Waals surface area contributed by atoms with Gasteiger partial charge in [0, 0.05) is 17.7 Å². The molecular weight excluding hydrogens is 434 g/mol. The highest BCUT2D eigenvalue weighted by Gasteiger charge is 2.48. The predicted molar refractivity (Wildman–Crippen MR) is 91.9 cm³/mol. The Morgan fingerprint density at radius 1 is 1.15 bits per heavy atom. The Hall–Kier alpha value is -2.16. The van der Waals surface area contributed by atoms with E-state index in [9.17, 15) is 18.0 Å². The van der Waals surface area contributed by atoms with Gasteiger partial charge in [-0.25, -0.2) is 9.78 Å². The van der Waals surface area contributed by atoms with E-state index in [0.717, 1.165) is 12.1 Å². The van der Waals surface area contributed by atoms with Crippen molar-refractivity contribution in [1.82, 2.24) is 4.98 Å². The topological polar surface area (TPSA) is 68.7 Å². The van der Waals surface area contributed by atoms with Crippen LogP contribution in [0.2, 0.25) is 15.1 Å². The molecule has 0 radical (unpaired) electrons. The summed E-state index contributed by atoms with van der Waals surface area (Å²) in [5, 5.41) is 9.36. The van der Waals surface area contributed by atoms with Crippen LogP contribution in [-0.2, 0) is 4.79 Å². The van der Waals surface area contributed by atoms with Crippen molar-refractivity contribution in [2.75, 3.05) is 0 Å². The van der Waals surface area contributed by atoms with Crippen LogP contribution in [0.5, 0.6) is 17.4 Å². The predicted octanol–water partition coefficient (Wildman–Crippen LogP) is 5.63. The molecule has 0 aliphatic carbocycles. The summed E-state index contributed by atoms with van der Waals surface area (Å²) in [4.78, 5) is 15.0. The molecule has 1 aromatic heterocycles. The Morgan fingerprint density at radius 3 is 2.44 bits per heavy atom. The van der Waals surface area contributed by atoms with Gasteiger partial charge >= 0.3 is 12.1 Å². The van der Waals surface area contributed by atoms with Gasteiger partial charge in [-0.15, -0.1) is 0 Å². The van der Waals surface area contributed by atoms with Crippen molar-refractivity contribution in [2.45, 2.75) is 12.3 Å². The second kappa shape index (κ2) is 7.10. The van der Waals surface area contributed by atoms with Gasteiger partial charge in [0.2, 0.25) is 12.0 Å². The molecule has 0 spiro atoms. The molecule has 2 heterocycles. The first-order chi connectivity index (χ1) is 12.6. The lowest BCUT2D eigenvalue weighted by Gasteiger charge is -2.27. The standard InChI is InChI=1S/C16H7Cl3F3NO4/c17-8-3-13(23-5-10(8)19)26-12-4-11-6(2-9(12)18)1-7(15(24)25)14(27-11)16(20,21)22/h1-5,14H,(H,24,25). The van der Waals surface area contributed by atoms with Gasteiger partial charge in [0.05, 0.1) is 26.8 Å². The molecule has 2 aromatic rings. The number of hydrogen-bond acceptors (Lipinski definition) is 4. The van der Waals surface area contributed by atoms with E-state index in [1.54, 1.807) is 0 Å². The summed E-state index contributed by atoms with van der Waals surface area (Å²) in [6.07, 6.45) is -5.47. The molecule has 27 heavy (non-hydrogen) atoms. The first-order valence-corrected chi connectivity index (χ1v) is 8.20. The van der Waals surface area contributed by atoms with E-state index in [-0.39, 0.29) is 38.0 Å². The number of carboxylic acid groups (broad SMARTS) is 1. The molecular formula is C16H7Cl3F3NO4. The smallest absolute Gasteiger partial charge is 0.430 e. The molecule has 11 heteroatoms. The number of pyridine rings is 1. The van der Waals surface area contributed by atoms with Gasteiger partial charge in [0.1, 0.15) is 5.75 Å². The van der Waals surface area contributed by atoms with Crippen LogP contribution in [0.4, 0.5) is 13.2 Å². The van der Waals surface area contributed by atoms with Gasteiger partial charge in [-0.2, -0.15) is 13.2 Å². The molecule has 1 atom stereocenters. The Kier molecular flexibility index (Phi) is 5.16. The Labute approximate surface area is 164 Å². The minimum absolute atomic E-state index is 0.00308. The van der Waals surface area contributed by atoms with Gasteiger partial charge in [-0.05, 0) is 12.1 Å².